The van der Waals surface area contributed by atoms with Crippen molar-refractivity contribution in [3.05, 3.63) is 46.5 Å². The van der Waals surface area contributed by atoms with Crippen molar-refractivity contribution in [1.29, 1.82) is 0 Å². The molecular weight excluding hydrogens is 424 g/mol. The van der Waals surface area contributed by atoms with Crippen LogP contribution in [0.2, 0.25) is 0 Å². The summed E-state index contributed by atoms with van der Waals surface area (Å²) in [6.45, 7) is 0. The minimum absolute atomic E-state index is 0.284. The third-order valence-electron chi connectivity index (χ3n) is 4.48. The summed E-state index contributed by atoms with van der Waals surface area (Å²) >= 11 is 1.54. The van der Waals surface area contributed by atoms with Gasteiger partial charge in [0.2, 0.25) is 0 Å². The second-order valence-corrected chi connectivity index (χ2v) is 7.20. The SMILES string of the molecule is COC(=O)c1cc(OC)cc(CSCc2cc(OC)cc(C(=O)OC)c2OC)c1OC. The van der Waals surface area contributed by atoms with Crippen molar-refractivity contribution < 1.29 is 38.0 Å². The van der Waals surface area contributed by atoms with E-state index in [4.69, 9.17) is 28.4 Å². The van der Waals surface area contributed by atoms with Gasteiger partial charge in [0.05, 0.1) is 42.7 Å². The van der Waals surface area contributed by atoms with Gasteiger partial charge in [-0.3, -0.25) is 0 Å². The van der Waals surface area contributed by atoms with Gasteiger partial charge in [0.25, 0.3) is 0 Å². The predicted molar refractivity (Wildman–Crippen MR) is 117 cm³/mol. The molecule has 31 heavy (non-hydrogen) atoms. The van der Waals surface area contributed by atoms with E-state index in [1.54, 1.807) is 24.3 Å². The second kappa shape index (κ2) is 11.4. The molecule has 9 heteroatoms. The average Bonchev–Trinajstić information content (AvgIpc) is 2.81. The zero-order valence-corrected chi connectivity index (χ0v) is 19.2. The lowest BCUT2D eigenvalue weighted by Gasteiger charge is -2.16. The van der Waals surface area contributed by atoms with Gasteiger partial charge in [-0.2, -0.15) is 11.8 Å². The number of methoxy groups -OCH3 is 6. The monoisotopic (exact) mass is 450 g/mol. The zero-order valence-electron chi connectivity index (χ0n) is 18.4. The fourth-order valence-corrected chi connectivity index (χ4v) is 4.02. The third kappa shape index (κ3) is 5.55. The molecule has 0 N–H and O–H groups in total. The molecule has 0 unspecified atom stereocenters. The summed E-state index contributed by atoms with van der Waals surface area (Å²) in [5.41, 5.74) is 2.10. The fourth-order valence-electron chi connectivity index (χ4n) is 3.05. The van der Waals surface area contributed by atoms with Gasteiger partial charge in [0.1, 0.15) is 34.1 Å². The molecule has 0 radical (unpaired) electrons. The van der Waals surface area contributed by atoms with Gasteiger partial charge >= 0.3 is 11.9 Å². The fraction of sp³-hybridized carbons (Fsp3) is 0.364. The minimum atomic E-state index is -0.515. The lowest BCUT2D eigenvalue weighted by atomic mass is 10.1. The molecule has 0 aliphatic carbocycles. The molecule has 0 aromatic heterocycles. The van der Waals surface area contributed by atoms with E-state index in [9.17, 15) is 9.59 Å². The highest BCUT2D eigenvalue weighted by atomic mass is 32.2. The summed E-state index contributed by atoms with van der Waals surface area (Å²) in [4.78, 5) is 24.3. The maximum Gasteiger partial charge on any atom is 0.341 e. The molecular formula is C22H26O8S. The maximum atomic E-state index is 12.2. The topological polar surface area (TPSA) is 89.5 Å². The maximum absolute atomic E-state index is 12.2. The molecule has 0 aliphatic rings. The Morgan fingerprint density at radius 3 is 1.32 bits per heavy atom. The van der Waals surface area contributed by atoms with Crippen LogP contribution in [0.5, 0.6) is 23.0 Å². The number of rotatable bonds is 10. The van der Waals surface area contributed by atoms with E-state index in [2.05, 4.69) is 0 Å². The predicted octanol–water partition coefficient (Wildman–Crippen LogP) is 3.73. The largest absolute Gasteiger partial charge is 0.497 e. The Kier molecular flexibility index (Phi) is 8.87. The van der Waals surface area contributed by atoms with E-state index in [0.29, 0.717) is 34.5 Å². The van der Waals surface area contributed by atoms with Gasteiger partial charge in [0.15, 0.2) is 0 Å². The molecule has 0 fully saturated rings. The molecule has 168 valence electrons. The van der Waals surface area contributed by atoms with Crippen molar-refractivity contribution in [2.75, 3.05) is 42.7 Å². The van der Waals surface area contributed by atoms with Gasteiger partial charge in [0, 0.05) is 22.6 Å². The standard InChI is InChI=1S/C22H26O8S/c1-25-15-7-13(19(27-3)17(9-15)21(23)29-5)11-31-12-14-8-16(26-2)10-18(20(14)28-4)22(24)30-6/h7-10H,11-12H2,1-6H3. The van der Waals surface area contributed by atoms with Crippen molar-refractivity contribution >= 4 is 23.7 Å². The summed E-state index contributed by atoms with van der Waals surface area (Å²) in [5, 5.41) is 0. The van der Waals surface area contributed by atoms with Gasteiger partial charge in [-0.15, -0.1) is 0 Å². The van der Waals surface area contributed by atoms with Crippen LogP contribution < -0.4 is 18.9 Å². The van der Waals surface area contributed by atoms with Crippen LogP contribution >= 0.6 is 11.8 Å². The van der Waals surface area contributed by atoms with E-state index in [1.807, 2.05) is 0 Å². The average molecular weight is 451 g/mol. The number of hydrogen-bond donors (Lipinski definition) is 0. The number of carbonyl (C=O) groups excluding carboxylic acids is 2. The number of hydrogen-bond acceptors (Lipinski definition) is 9. The minimum Gasteiger partial charge on any atom is -0.497 e. The Bertz CT molecular complexity index is 866. The van der Waals surface area contributed by atoms with Gasteiger partial charge in [-0.25, -0.2) is 9.59 Å². The Balaban J connectivity index is 2.35. The number of esters is 2. The van der Waals surface area contributed by atoms with Gasteiger partial charge in [-0.05, 0) is 24.3 Å². The molecule has 2 rings (SSSR count). The van der Waals surface area contributed by atoms with E-state index in [0.717, 1.165) is 11.1 Å². The van der Waals surface area contributed by atoms with Gasteiger partial charge < -0.3 is 28.4 Å². The highest BCUT2D eigenvalue weighted by molar-refractivity contribution is 7.97. The first-order valence-corrected chi connectivity index (χ1v) is 10.3. The molecule has 0 atom stereocenters. The van der Waals surface area contributed by atoms with Crippen LogP contribution in [0.3, 0.4) is 0 Å². The quantitative estimate of drug-likeness (QED) is 0.502. The van der Waals surface area contributed by atoms with Crippen molar-refractivity contribution in [2.24, 2.45) is 0 Å². The molecule has 0 saturated carbocycles. The molecule has 0 heterocycles. The molecule has 0 bridgehead atoms. The lowest BCUT2D eigenvalue weighted by Crippen LogP contribution is -2.07. The summed E-state index contributed by atoms with van der Waals surface area (Å²) < 4.78 is 31.3. The lowest BCUT2D eigenvalue weighted by molar-refractivity contribution is 0.0587. The number of ether oxygens (including phenoxy) is 6. The summed E-state index contributed by atoms with van der Waals surface area (Å²) in [7, 11) is 8.66. The van der Waals surface area contributed by atoms with Crippen LogP contribution in [-0.4, -0.2) is 54.6 Å². The van der Waals surface area contributed by atoms with E-state index < -0.39 is 11.9 Å². The van der Waals surface area contributed by atoms with Crippen LogP contribution in [0, 0.1) is 0 Å². The molecule has 0 amide bonds. The normalized spacial score (nSPS) is 10.3. The number of benzene rings is 2. The van der Waals surface area contributed by atoms with Crippen LogP contribution in [-0.2, 0) is 21.0 Å². The zero-order chi connectivity index (χ0) is 23.0. The molecule has 0 saturated heterocycles. The van der Waals surface area contributed by atoms with Crippen LogP contribution in [0.15, 0.2) is 24.3 Å². The van der Waals surface area contributed by atoms with E-state index >= 15 is 0 Å². The summed E-state index contributed by atoms with van der Waals surface area (Å²) in [6.07, 6.45) is 0. The van der Waals surface area contributed by atoms with Crippen molar-refractivity contribution in [3.63, 3.8) is 0 Å². The second-order valence-electron chi connectivity index (χ2n) is 6.21. The summed E-state index contributed by atoms with van der Waals surface area (Å²) in [5.74, 6) is 1.85. The van der Waals surface area contributed by atoms with E-state index in [-0.39, 0.29) is 11.1 Å². The van der Waals surface area contributed by atoms with Crippen LogP contribution in [0.4, 0.5) is 0 Å². The molecule has 8 nitrogen and oxygen atoms in total. The Morgan fingerprint density at radius 1 is 0.645 bits per heavy atom. The van der Waals surface area contributed by atoms with Crippen molar-refractivity contribution in [3.8, 4) is 23.0 Å². The molecule has 2 aromatic carbocycles. The number of thioether (sulfide) groups is 1. The van der Waals surface area contributed by atoms with Crippen molar-refractivity contribution in [2.45, 2.75) is 11.5 Å². The van der Waals surface area contributed by atoms with E-state index in [1.165, 1.54) is 54.4 Å². The highest BCUT2D eigenvalue weighted by Crippen LogP contribution is 2.36. The Morgan fingerprint density at radius 2 is 1.03 bits per heavy atom. The van der Waals surface area contributed by atoms with Crippen LogP contribution in [0.25, 0.3) is 0 Å². The molecule has 0 aliphatic heterocycles. The molecule has 0 spiro atoms. The Labute approximate surface area is 185 Å². The smallest absolute Gasteiger partial charge is 0.341 e. The molecule has 2 aromatic rings. The van der Waals surface area contributed by atoms with Crippen LogP contribution in [0.1, 0.15) is 31.8 Å². The van der Waals surface area contributed by atoms with Gasteiger partial charge in [-0.1, -0.05) is 0 Å². The summed E-state index contributed by atoms with van der Waals surface area (Å²) in [6, 6.07) is 6.76. The first kappa shape index (κ1) is 24.2. The van der Waals surface area contributed by atoms with Crippen molar-refractivity contribution in [1.82, 2.24) is 0 Å². The Hall–Kier alpha value is -3.07. The third-order valence-corrected chi connectivity index (χ3v) is 5.51. The first-order chi connectivity index (χ1) is 14.9. The highest BCUT2D eigenvalue weighted by Gasteiger charge is 2.21. The first-order valence-electron chi connectivity index (χ1n) is 9.18. The number of carbonyl (C=O) groups is 2.